The van der Waals surface area contributed by atoms with Gasteiger partial charge in [-0.2, -0.15) is 0 Å². The summed E-state index contributed by atoms with van der Waals surface area (Å²) < 4.78 is 17.0. The highest BCUT2D eigenvalue weighted by atomic mass is 79.9. The molecule has 9 heteroatoms. The molecule has 0 unspecified atom stereocenters. The van der Waals surface area contributed by atoms with Crippen LogP contribution in [0, 0.1) is 5.92 Å². The number of halogens is 1. The number of fused-ring (bicyclic) bond motifs is 2. The Labute approximate surface area is 214 Å². The van der Waals surface area contributed by atoms with E-state index >= 15 is 0 Å². The van der Waals surface area contributed by atoms with Gasteiger partial charge in [0.2, 0.25) is 0 Å². The summed E-state index contributed by atoms with van der Waals surface area (Å²) >= 11 is 3.42. The molecule has 1 aliphatic rings. The Balaban J connectivity index is 1.54. The molecule has 5 rings (SSSR count). The second kappa shape index (κ2) is 9.91. The molecule has 4 aromatic rings. The molecule has 3 heterocycles. The van der Waals surface area contributed by atoms with Gasteiger partial charge in [-0.25, -0.2) is 9.59 Å². The highest BCUT2D eigenvalue weighted by molar-refractivity contribution is 9.10. The van der Waals surface area contributed by atoms with Crippen LogP contribution >= 0.6 is 15.9 Å². The lowest BCUT2D eigenvalue weighted by Gasteiger charge is -2.31. The van der Waals surface area contributed by atoms with Crippen LogP contribution in [0.25, 0.3) is 33.1 Å². The van der Waals surface area contributed by atoms with Gasteiger partial charge in [0.25, 0.3) is 0 Å². The van der Waals surface area contributed by atoms with E-state index in [4.69, 9.17) is 13.6 Å². The second-order valence-corrected chi connectivity index (χ2v) is 9.77. The summed E-state index contributed by atoms with van der Waals surface area (Å²) in [5.41, 5.74) is 0.493. The Morgan fingerprint density at radius 2 is 1.86 bits per heavy atom. The van der Waals surface area contributed by atoms with Crippen LogP contribution in [-0.2, 0) is 16.1 Å². The molecule has 2 aromatic heterocycles. The van der Waals surface area contributed by atoms with Crippen LogP contribution in [0.4, 0.5) is 0 Å². The van der Waals surface area contributed by atoms with Crippen molar-refractivity contribution in [2.75, 3.05) is 19.7 Å². The number of carbonyl (C=O) groups excluding carboxylic acids is 1. The molecule has 2 aromatic carbocycles. The van der Waals surface area contributed by atoms with E-state index in [0.29, 0.717) is 66.6 Å². The first kappa shape index (κ1) is 24.3. The number of aromatic hydroxyl groups is 1. The third kappa shape index (κ3) is 4.68. The van der Waals surface area contributed by atoms with E-state index in [9.17, 15) is 19.5 Å². The standard InChI is InChI=1S/C27H24BrNO7/c1-2-34-26(32)15-7-9-29(10-8-15)14-21-22(30)5-4-18-19(13-24(31)36-25(18)21)20-12-16-11-17(28)3-6-23(16)35-27(20)33/h3-6,11-13,15,30H,2,7-10,14H2,1H3. The summed E-state index contributed by atoms with van der Waals surface area (Å²) in [7, 11) is 0. The van der Waals surface area contributed by atoms with Gasteiger partial charge < -0.3 is 18.7 Å². The van der Waals surface area contributed by atoms with Crippen molar-refractivity contribution < 1.29 is 23.5 Å². The topological polar surface area (TPSA) is 110 Å². The summed E-state index contributed by atoms with van der Waals surface area (Å²) in [6.07, 6.45) is 1.29. The van der Waals surface area contributed by atoms with Crippen molar-refractivity contribution in [3.63, 3.8) is 0 Å². The van der Waals surface area contributed by atoms with Crippen molar-refractivity contribution in [1.29, 1.82) is 0 Å². The number of piperidine rings is 1. The van der Waals surface area contributed by atoms with E-state index in [-0.39, 0.29) is 28.8 Å². The lowest BCUT2D eigenvalue weighted by molar-refractivity contribution is -0.149. The number of rotatable bonds is 5. The van der Waals surface area contributed by atoms with Crippen LogP contribution in [0.2, 0.25) is 0 Å². The lowest BCUT2D eigenvalue weighted by atomic mass is 9.96. The van der Waals surface area contributed by atoms with Crippen LogP contribution < -0.4 is 11.3 Å². The average molecular weight is 554 g/mol. The fraction of sp³-hybridized carbons (Fsp3) is 0.296. The Morgan fingerprint density at radius 1 is 1.08 bits per heavy atom. The molecule has 0 radical (unpaired) electrons. The minimum atomic E-state index is -0.640. The third-order valence-corrected chi connectivity index (χ3v) is 7.06. The Morgan fingerprint density at radius 3 is 2.61 bits per heavy atom. The molecule has 0 amide bonds. The molecule has 0 spiro atoms. The van der Waals surface area contributed by atoms with Gasteiger partial charge in [0.05, 0.1) is 23.7 Å². The molecule has 186 valence electrons. The maximum absolute atomic E-state index is 12.9. The van der Waals surface area contributed by atoms with Crippen molar-refractivity contribution in [2.24, 2.45) is 5.92 Å². The first-order valence-corrected chi connectivity index (χ1v) is 12.5. The molecule has 8 nitrogen and oxygen atoms in total. The predicted octanol–water partition coefficient (Wildman–Crippen LogP) is 4.81. The summed E-state index contributed by atoms with van der Waals surface area (Å²) in [6.45, 7) is 3.74. The molecule has 1 aliphatic heterocycles. The highest BCUT2D eigenvalue weighted by Gasteiger charge is 2.27. The van der Waals surface area contributed by atoms with Gasteiger partial charge in [0.1, 0.15) is 16.9 Å². The number of nitrogens with zero attached hydrogens (tertiary/aromatic N) is 1. The van der Waals surface area contributed by atoms with Gasteiger partial charge in [-0.05, 0) is 69.3 Å². The predicted molar refractivity (Wildman–Crippen MR) is 138 cm³/mol. The van der Waals surface area contributed by atoms with E-state index < -0.39 is 11.3 Å². The minimum Gasteiger partial charge on any atom is -0.507 e. The van der Waals surface area contributed by atoms with Crippen molar-refractivity contribution >= 4 is 43.8 Å². The minimum absolute atomic E-state index is 0.00945. The van der Waals surface area contributed by atoms with Crippen LogP contribution in [0.15, 0.2) is 65.4 Å². The molecule has 36 heavy (non-hydrogen) atoms. The van der Waals surface area contributed by atoms with Gasteiger partial charge >= 0.3 is 17.2 Å². The zero-order valence-electron chi connectivity index (χ0n) is 19.6. The number of carbonyl (C=O) groups is 1. The maximum atomic E-state index is 12.9. The Hall–Kier alpha value is -3.43. The fourth-order valence-corrected chi connectivity index (χ4v) is 5.12. The average Bonchev–Trinajstić information content (AvgIpc) is 2.86. The quantitative estimate of drug-likeness (QED) is 0.277. The Bertz CT molecular complexity index is 1580. The number of hydrogen-bond donors (Lipinski definition) is 1. The lowest BCUT2D eigenvalue weighted by Crippen LogP contribution is -2.36. The molecule has 0 bridgehead atoms. The van der Waals surface area contributed by atoms with Crippen molar-refractivity contribution in [1.82, 2.24) is 4.90 Å². The fourth-order valence-electron chi connectivity index (χ4n) is 4.74. The number of phenols is 1. The van der Waals surface area contributed by atoms with Crippen LogP contribution in [0.1, 0.15) is 25.3 Å². The van der Waals surface area contributed by atoms with E-state index in [1.54, 1.807) is 31.2 Å². The summed E-state index contributed by atoms with van der Waals surface area (Å²) in [4.78, 5) is 39.6. The molecular formula is C27H24BrNO7. The zero-order valence-corrected chi connectivity index (χ0v) is 21.2. The smallest absolute Gasteiger partial charge is 0.344 e. The van der Waals surface area contributed by atoms with Gasteiger partial charge in [-0.3, -0.25) is 9.69 Å². The van der Waals surface area contributed by atoms with E-state index in [2.05, 4.69) is 20.8 Å². The first-order chi connectivity index (χ1) is 17.3. The van der Waals surface area contributed by atoms with Crippen LogP contribution in [0.5, 0.6) is 5.75 Å². The molecule has 0 atom stereocenters. The molecular weight excluding hydrogens is 530 g/mol. The summed E-state index contributed by atoms with van der Waals surface area (Å²) in [5.74, 6) is -0.328. The SMILES string of the molecule is CCOC(=O)C1CCN(Cc2c(O)ccc3c(-c4cc5cc(Br)ccc5oc4=O)cc(=O)oc23)CC1. The first-order valence-electron chi connectivity index (χ1n) is 11.8. The van der Waals surface area contributed by atoms with Crippen LogP contribution in [-0.4, -0.2) is 35.7 Å². The molecule has 0 saturated carbocycles. The summed E-state index contributed by atoms with van der Waals surface area (Å²) in [6, 6.07) is 11.4. The maximum Gasteiger partial charge on any atom is 0.344 e. The van der Waals surface area contributed by atoms with E-state index in [1.165, 1.54) is 12.1 Å². The monoisotopic (exact) mass is 553 g/mol. The number of esters is 1. The van der Waals surface area contributed by atoms with Gasteiger partial charge in [0.15, 0.2) is 0 Å². The largest absolute Gasteiger partial charge is 0.507 e. The van der Waals surface area contributed by atoms with Crippen molar-refractivity contribution in [3.05, 3.63) is 73.3 Å². The molecule has 1 saturated heterocycles. The van der Waals surface area contributed by atoms with E-state index in [1.807, 2.05) is 6.07 Å². The second-order valence-electron chi connectivity index (χ2n) is 8.85. The normalized spacial score (nSPS) is 14.9. The highest BCUT2D eigenvalue weighted by Crippen LogP contribution is 2.34. The molecule has 1 N–H and O–H groups in total. The summed E-state index contributed by atoms with van der Waals surface area (Å²) in [5, 5.41) is 11.9. The number of ether oxygens (including phenoxy) is 1. The van der Waals surface area contributed by atoms with Gasteiger partial charge in [-0.15, -0.1) is 0 Å². The van der Waals surface area contributed by atoms with E-state index in [0.717, 1.165) is 4.47 Å². The van der Waals surface area contributed by atoms with Gasteiger partial charge in [0, 0.05) is 33.4 Å². The van der Waals surface area contributed by atoms with Crippen molar-refractivity contribution in [2.45, 2.75) is 26.3 Å². The number of hydrogen-bond acceptors (Lipinski definition) is 8. The van der Waals surface area contributed by atoms with Gasteiger partial charge in [-0.1, -0.05) is 15.9 Å². The van der Waals surface area contributed by atoms with Crippen LogP contribution in [0.3, 0.4) is 0 Å². The third-order valence-electron chi connectivity index (χ3n) is 6.56. The number of benzene rings is 2. The zero-order chi connectivity index (χ0) is 25.4. The molecule has 1 fully saturated rings. The van der Waals surface area contributed by atoms with Crippen molar-refractivity contribution in [3.8, 4) is 16.9 Å². The number of likely N-dealkylation sites (tertiary alicyclic amines) is 1. The number of phenolic OH excluding ortho intramolecular Hbond substituents is 1. The Kier molecular flexibility index (Phi) is 6.68. The molecule has 0 aliphatic carbocycles.